The third-order valence-corrected chi connectivity index (χ3v) is 3.93. The predicted octanol–water partition coefficient (Wildman–Crippen LogP) is -3.07. The maximum Gasteiger partial charge on any atom is 0.328 e. The van der Waals surface area contributed by atoms with Crippen LogP contribution in [0.1, 0.15) is 39.0 Å². The molecule has 0 aromatic rings. The normalized spacial score (nSPS) is 15.0. The van der Waals surface area contributed by atoms with E-state index in [4.69, 9.17) is 28.0 Å². The zero-order valence-corrected chi connectivity index (χ0v) is 16.1. The number of amides is 2. The molecule has 28 heavy (non-hydrogen) atoms. The zero-order valence-electron chi connectivity index (χ0n) is 16.1. The number of nitrogens with one attached hydrogen (secondary N) is 2. The number of rotatable bonds is 14. The summed E-state index contributed by atoms with van der Waals surface area (Å²) in [5.41, 5.74) is 21.7. The molecule has 0 rings (SSSR count). The van der Waals surface area contributed by atoms with Crippen LogP contribution in [0.4, 0.5) is 0 Å². The van der Waals surface area contributed by atoms with Crippen LogP contribution < -0.4 is 33.6 Å². The van der Waals surface area contributed by atoms with Gasteiger partial charge in [0.2, 0.25) is 11.8 Å². The summed E-state index contributed by atoms with van der Waals surface area (Å²) in [5.74, 6) is -2.71. The molecule has 0 aliphatic heterocycles. The van der Waals surface area contributed by atoms with Crippen molar-refractivity contribution < 1.29 is 24.6 Å². The molecular weight excluding hydrogens is 370 g/mol. The molecule has 0 spiro atoms. The predicted molar refractivity (Wildman–Crippen MR) is 104 cm³/mol. The summed E-state index contributed by atoms with van der Waals surface area (Å²) < 4.78 is 0. The van der Waals surface area contributed by atoms with Crippen molar-refractivity contribution >= 4 is 23.7 Å². The van der Waals surface area contributed by atoms with Crippen molar-refractivity contribution in [3.8, 4) is 0 Å². The van der Waals surface area contributed by atoms with Gasteiger partial charge in [-0.25, -0.2) is 4.79 Å². The first kappa shape index (κ1) is 25.6. The van der Waals surface area contributed by atoms with E-state index in [-0.39, 0.29) is 12.4 Å². The Morgan fingerprint density at radius 3 is 2.18 bits per heavy atom. The second-order valence-corrected chi connectivity index (χ2v) is 6.47. The molecule has 0 aromatic heterocycles. The Balaban J connectivity index is 4.88. The lowest BCUT2D eigenvalue weighted by Crippen LogP contribution is -2.56. The van der Waals surface area contributed by atoms with E-state index in [0.717, 1.165) is 0 Å². The minimum atomic E-state index is -1.49. The number of carboxylic acid groups (broad SMARTS) is 1. The van der Waals surface area contributed by atoms with E-state index < -0.39 is 42.0 Å². The van der Waals surface area contributed by atoms with E-state index >= 15 is 0 Å². The largest absolute Gasteiger partial charge is 0.480 e. The Kier molecular flexibility index (Phi) is 12.5. The number of hydrogen-bond donors (Lipinski definition) is 8. The highest BCUT2D eigenvalue weighted by Crippen LogP contribution is 2.05. The molecule has 0 heterocycles. The van der Waals surface area contributed by atoms with Crippen molar-refractivity contribution in [2.24, 2.45) is 27.9 Å². The monoisotopic (exact) mass is 403 g/mol. The summed E-state index contributed by atoms with van der Waals surface area (Å²) in [4.78, 5) is 39.7. The van der Waals surface area contributed by atoms with E-state index in [1.165, 1.54) is 6.92 Å². The molecule has 0 aliphatic carbocycles. The summed E-state index contributed by atoms with van der Waals surface area (Å²) in [5, 5.41) is 23.4. The first-order valence-corrected chi connectivity index (χ1v) is 9.12. The molecule has 12 nitrogen and oxygen atoms in total. The molecule has 12 N–H and O–H groups in total. The van der Waals surface area contributed by atoms with Gasteiger partial charge < -0.3 is 43.8 Å². The molecular formula is C16H33N7O5. The van der Waals surface area contributed by atoms with E-state index in [1.807, 2.05) is 0 Å². The van der Waals surface area contributed by atoms with Gasteiger partial charge in [0.25, 0.3) is 0 Å². The van der Waals surface area contributed by atoms with Crippen molar-refractivity contribution in [2.75, 3.05) is 13.1 Å². The number of unbranched alkanes of at least 4 members (excludes halogenated alkanes) is 1. The van der Waals surface area contributed by atoms with Gasteiger partial charge in [0, 0.05) is 6.54 Å². The highest BCUT2D eigenvalue weighted by atomic mass is 16.4. The van der Waals surface area contributed by atoms with Crippen molar-refractivity contribution in [1.29, 1.82) is 0 Å². The van der Waals surface area contributed by atoms with Crippen LogP contribution in [-0.2, 0) is 14.4 Å². The van der Waals surface area contributed by atoms with Crippen LogP contribution in [0, 0.1) is 0 Å². The van der Waals surface area contributed by atoms with Gasteiger partial charge >= 0.3 is 5.97 Å². The average Bonchev–Trinajstić information content (AvgIpc) is 2.61. The second kappa shape index (κ2) is 13.7. The van der Waals surface area contributed by atoms with Gasteiger partial charge in [-0.05, 0) is 45.6 Å². The number of aliphatic hydroxyl groups excluding tert-OH is 1. The molecule has 2 amide bonds. The molecule has 12 heteroatoms. The van der Waals surface area contributed by atoms with E-state index in [1.54, 1.807) is 0 Å². The van der Waals surface area contributed by atoms with Crippen LogP contribution in [0.2, 0.25) is 0 Å². The number of nitrogens with two attached hydrogens (primary N) is 4. The van der Waals surface area contributed by atoms with E-state index in [0.29, 0.717) is 38.8 Å². The average molecular weight is 403 g/mol. The molecule has 0 fully saturated rings. The van der Waals surface area contributed by atoms with Gasteiger partial charge in [0.1, 0.15) is 6.04 Å². The SMILES string of the molecule is CC(O)C(NC(=O)C(CCCCN)NC(=O)C(N)CCCN=C(N)N)C(=O)O. The fraction of sp³-hybridized carbons (Fsp3) is 0.750. The Bertz CT molecular complexity index is 537. The fourth-order valence-corrected chi connectivity index (χ4v) is 2.33. The smallest absolute Gasteiger partial charge is 0.328 e. The minimum Gasteiger partial charge on any atom is -0.480 e. The molecule has 4 atom stereocenters. The molecule has 4 unspecified atom stereocenters. The minimum absolute atomic E-state index is 0.0549. The van der Waals surface area contributed by atoms with Gasteiger partial charge in [-0.2, -0.15) is 0 Å². The van der Waals surface area contributed by atoms with Crippen LogP contribution in [0.3, 0.4) is 0 Å². The Morgan fingerprint density at radius 1 is 1.04 bits per heavy atom. The van der Waals surface area contributed by atoms with Crippen LogP contribution >= 0.6 is 0 Å². The van der Waals surface area contributed by atoms with E-state index in [9.17, 15) is 19.5 Å². The highest BCUT2D eigenvalue weighted by Gasteiger charge is 2.30. The van der Waals surface area contributed by atoms with Gasteiger partial charge in [-0.3, -0.25) is 14.6 Å². The maximum absolute atomic E-state index is 12.4. The lowest BCUT2D eigenvalue weighted by atomic mass is 10.1. The molecule has 0 saturated carbocycles. The van der Waals surface area contributed by atoms with Gasteiger partial charge in [-0.1, -0.05) is 0 Å². The number of hydrogen-bond acceptors (Lipinski definition) is 7. The molecule has 0 bridgehead atoms. The van der Waals surface area contributed by atoms with Crippen molar-refractivity contribution in [2.45, 2.75) is 63.3 Å². The van der Waals surface area contributed by atoms with Crippen LogP contribution in [-0.4, -0.2) is 71.3 Å². The number of aliphatic carboxylic acids is 1. The second-order valence-electron chi connectivity index (χ2n) is 6.47. The third kappa shape index (κ3) is 10.6. The van der Waals surface area contributed by atoms with Crippen molar-refractivity contribution in [3.05, 3.63) is 0 Å². The number of carbonyl (C=O) groups is 3. The van der Waals surface area contributed by atoms with E-state index in [2.05, 4.69) is 15.6 Å². The third-order valence-electron chi connectivity index (χ3n) is 3.93. The molecule has 0 aromatic carbocycles. The zero-order chi connectivity index (χ0) is 21.7. The van der Waals surface area contributed by atoms with Crippen molar-refractivity contribution in [1.82, 2.24) is 10.6 Å². The first-order chi connectivity index (χ1) is 13.1. The summed E-state index contributed by atoms with van der Waals surface area (Å²) >= 11 is 0. The number of carboxylic acids is 1. The highest BCUT2D eigenvalue weighted by molar-refractivity contribution is 5.91. The van der Waals surface area contributed by atoms with Crippen LogP contribution in [0.25, 0.3) is 0 Å². The molecule has 162 valence electrons. The van der Waals surface area contributed by atoms with Gasteiger partial charge in [0.05, 0.1) is 12.1 Å². The van der Waals surface area contributed by atoms with Crippen LogP contribution in [0.5, 0.6) is 0 Å². The lowest BCUT2D eigenvalue weighted by molar-refractivity contribution is -0.145. The molecule has 0 aliphatic rings. The Morgan fingerprint density at radius 2 is 1.68 bits per heavy atom. The fourth-order valence-electron chi connectivity index (χ4n) is 2.33. The summed E-state index contributed by atoms with van der Waals surface area (Å²) in [6.45, 7) is 1.98. The summed E-state index contributed by atoms with van der Waals surface area (Å²) in [6.07, 6.45) is 0.885. The topological polar surface area (TPSA) is 232 Å². The summed E-state index contributed by atoms with van der Waals surface area (Å²) in [6, 6.07) is -3.37. The number of nitrogens with zero attached hydrogens (tertiary/aromatic N) is 1. The number of aliphatic imine (C=N–C) groups is 1. The molecule has 0 saturated heterocycles. The van der Waals surface area contributed by atoms with Crippen LogP contribution in [0.15, 0.2) is 4.99 Å². The first-order valence-electron chi connectivity index (χ1n) is 9.12. The maximum atomic E-state index is 12.4. The number of carbonyl (C=O) groups excluding carboxylic acids is 2. The lowest BCUT2D eigenvalue weighted by Gasteiger charge is -2.24. The number of aliphatic hydroxyl groups is 1. The van der Waals surface area contributed by atoms with Crippen molar-refractivity contribution in [3.63, 3.8) is 0 Å². The standard InChI is InChI=1S/C16H33N7O5/c1-9(24)12(15(27)28)23-14(26)11(6-2-3-7-17)22-13(25)10(18)5-4-8-21-16(19)20/h9-12,24H,2-8,17-18H2,1H3,(H,22,25)(H,23,26)(H,27,28)(H4,19,20,21). The Labute approximate surface area is 164 Å². The van der Waals surface area contributed by atoms with Gasteiger partial charge in [-0.15, -0.1) is 0 Å². The molecule has 0 radical (unpaired) electrons. The number of guanidine groups is 1. The Hall–Kier alpha value is -2.44. The summed E-state index contributed by atoms with van der Waals surface area (Å²) in [7, 11) is 0. The van der Waals surface area contributed by atoms with Gasteiger partial charge in [0.15, 0.2) is 12.0 Å². The quantitative estimate of drug-likeness (QED) is 0.0833.